The molecule has 1 aliphatic heterocycles. The van der Waals surface area contributed by atoms with E-state index in [-0.39, 0.29) is 6.10 Å². The second-order valence-corrected chi connectivity index (χ2v) is 3.30. The molecule has 1 atom stereocenters. The predicted octanol–water partition coefficient (Wildman–Crippen LogP) is 0.476. The highest BCUT2D eigenvalue weighted by atomic mass is 32.2. The Morgan fingerprint density at radius 2 is 2.10 bits per heavy atom. The summed E-state index contributed by atoms with van der Waals surface area (Å²) < 4.78 is 20.7. The number of hydrogen-bond acceptors (Lipinski definition) is 3. The molecule has 0 aliphatic carbocycles. The maximum Gasteiger partial charge on any atom is 0.152 e. The van der Waals surface area contributed by atoms with Gasteiger partial charge < -0.3 is 4.74 Å². The van der Waals surface area contributed by atoms with Gasteiger partial charge in [0, 0.05) is 19.5 Å². The van der Waals surface area contributed by atoms with Crippen molar-refractivity contribution in [3.8, 4) is 0 Å². The van der Waals surface area contributed by atoms with Crippen LogP contribution in [0.3, 0.4) is 0 Å². The van der Waals surface area contributed by atoms with Crippen LogP contribution in [0.4, 0.5) is 0 Å². The molecular weight excluding hydrogens is 152 g/mol. The molecule has 0 amide bonds. The molecule has 0 aromatic heterocycles. The Morgan fingerprint density at radius 1 is 1.50 bits per heavy atom. The second kappa shape index (κ2) is 4.05. The Morgan fingerprint density at radius 3 is 2.60 bits per heavy atom. The predicted molar refractivity (Wildman–Crippen MR) is 39.0 cm³/mol. The van der Waals surface area contributed by atoms with E-state index in [1.165, 1.54) is 0 Å². The van der Waals surface area contributed by atoms with Crippen LogP contribution in [-0.2, 0) is 20.0 Å². The molecule has 0 aromatic rings. The summed E-state index contributed by atoms with van der Waals surface area (Å²) in [6.45, 7) is 1.48. The summed E-state index contributed by atoms with van der Waals surface area (Å²) >= 11 is -1.12. The van der Waals surface area contributed by atoms with Crippen LogP contribution in [0.2, 0.25) is 0 Å². The quantitative estimate of drug-likeness (QED) is 0.595. The van der Waals surface area contributed by atoms with Gasteiger partial charge in [-0.05, 0) is 12.8 Å². The smallest absolute Gasteiger partial charge is 0.152 e. The van der Waals surface area contributed by atoms with Crippen LogP contribution < -0.4 is 0 Å². The lowest BCUT2D eigenvalue weighted by molar-refractivity contribution is 0.0315. The van der Waals surface area contributed by atoms with Crippen molar-refractivity contribution in [1.82, 2.24) is 0 Å². The van der Waals surface area contributed by atoms with Gasteiger partial charge in [0.05, 0.1) is 6.10 Å². The maximum absolute atomic E-state index is 10.6. The van der Waals surface area contributed by atoms with E-state index in [9.17, 15) is 4.21 Å². The average Bonchev–Trinajstić information content (AvgIpc) is 1.88. The molecule has 0 bridgehead atoms. The third kappa shape index (κ3) is 2.77. The molecule has 0 spiro atoms. The molecule has 3 nitrogen and oxygen atoms in total. The van der Waals surface area contributed by atoms with E-state index in [0.29, 0.717) is 0 Å². The Labute approximate surface area is 63.4 Å². The molecule has 1 rings (SSSR count). The fourth-order valence-electron chi connectivity index (χ4n) is 0.964. The number of hydrogen-bond donors (Lipinski definition) is 0. The third-order valence-electron chi connectivity index (χ3n) is 1.44. The largest absolute Gasteiger partial charge is 0.381 e. The molecule has 4 heteroatoms. The van der Waals surface area contributed by atoms with Crippen molar-refractivity contribution in [2.75, 3.05) is 19.5 Å². The summed E-state index contributed by atoms with van der Waals surface area (Å²) in [5.74, 6) is 0. The minimum absolute atomic E-state index is 0.152. The zero-order chi connectivity index (χ0) is 7.40. The van der Waals surface area contributed by atoms with Crippen molar-refractivity contribution in [3.05, 3.63) is 0 Å². The highest BCUT2D eigenvalue weighted by Crippen LogP contribution is 2.10. The Bertz CT molecular complexity index is 120. The molecule has 0 aromatic carbocycles. The van der Waals surface area contributed by atoms with Gasteiger partial charge in [0.1, 0.15) is 0 Å². The van der Waals surface area contributed by atoms with Crippen LogP contribution in [0.5, 0.6) is 0 Å². The average molecular weight is 164 g/mol. The highest BCUT2D eigenvalue weighted by Gasteiger charge is 2.15. The topological polar surface area (TPSA) is 35.5 Å². The van der Waals surface area contributed by atoms with Crippen LogP contribution in [0.25, 0.3) is 0 Å². The van der Waals surface area contributed by atoms with E-state index in [0.717, 1.165) is 26.1 Å². The van der Waals surface area contributed by atoms with Gasteiger partial charge in [-0.1, -0.05) is 0 Å². The fourth-order valence-corrected chi connectivity index (χ4v) is 1.54. The van der Waals surface area contributed by atoms with Crippen molar-refractivity contribution < 1.29 is 13.1 Å². The van der Waals surface area contributed by atoms with Gasteiger partial charge in [-0.25, -0.2) is 4.21 Å². The van der Waals surface area contributed by atoms with Crippen molar-refractivity contribution in [3.63, 3.8) is 0 Å². The van der Waals surface area contributed by atoms with Crippen molar-refractivity contribution >= 4 is 11.1 Å². The lowest BCUT2D eigenvalue weighted by Gasteiger charge is -2.20. The van der Waals surface area contributed by atoms with Gasteiger partial charge in [0.15, 0.2) is 11.1 Å². The normalized spacial score (nSPS) is 24.5. The van der Waals surface area contributed by atoms with E-state index >= 15 is 0 Å². The number of rotatable bonds is 2. The lowest BCUT2D eigenvalue weighted by atomic mass is 10.2. The van der Waals surface area contributed by atoms with Crippen LogP contribution in [0.1, 0.15) is 12.8 Å². The SMILES string of the molecule is CS(=O)OC1CCOCC1. The van der Waals surface area contributed by atoms with Gasteiger partial charge >= 0.3 is 0 Å². The van der Waals surface area contributed by atoms with E-state index in [1.807, 2.05) is 0 Å². The van der Waals surface area contributed by atoms with Crippen LogP contribution >= 0.6 is 0 Å². The Hall–Kier alpha value is 0.0700. The van der Waals surface area contributed by atoms with E-state index in [2.05, 4.69) is 0 Å². The molecule has 0 radical (unpaired) electrons. The first kappa shape index (κ1) is 8.17. The number of ether oxygens (including phenoxy) is 1. The molecule has 10 heavy (non-hydrogen) atoms. The molecule has 1 unspecified atom stereocenters. The standard InChI is InChI=1S/C6H12O3S/c1-10(7)9-6-2-4-8-5-3-6/h6H,2-5H2,1H3. The fraction of sp³-hybridized carbons (Fsp3) is 1.00. The summed E-state index contributed by atoms with van der Waals surface area (Å²) in [7, 11) is 0. The van der Waals surface area contributed by atoms with E-state index in [4.69, 9.17) is 8.92 Å². The summed E-state index contributed by atoms with van der Waals surface area (Å²) in [5.41, 5.74) is 0. The summed E-state index contributed by atoms with van der Waals surface area (Å²) in [6, 6.07) is 0. The highest BCUT2D eigenvalue weighted by molar-refractivity contribution is 7.79. The Kier molecular flexibility index (Phi) is 3.31. The second-order valence-electron chi connectivity index (χ2n) is 2.31. The van der Waals surface area contributed by atoms with Crippen LogP contribution in [0, 0.1) is 0 Å². The summed E-state index contributed by atoms with van der Waals surface area (Å²) in [4.78, 5) is 0. The first-order chi connectivity index (χ1) is 4.79. The zero-order valence-corrected chi connectivity index (χ0v) is 6.86. The van der Waals surface area contributed by atoms with Gasteiger partial charge in [-0.2, -0.15) is 0 Å². The first-order valence-corrected chi connectivity index (χ1v) is 4.85. The molecular formula is C6H12O3S. The third-order valence-corrected chi connectivity index (χ3v) is 1.98. The molecule has 0 saturated carbocycles. The summed E-state index contributed by atoms with van der Waals surface area (Å²) in [6.07, 6.45) is 3.45. The minimum atomic E-state index is -1.12. The van der Waals surface area contributed by atoms with Gasteiger partial charge in [0.2, 0.25) is 0 Å². The van der Waals surface area contributed by atoms with E-state index in [1.54, 1.807) is 6.26 Å². The molecule has 1 saturated heterocycles. The molecule has 0 N–H and O–H groups in total. The van der Waals surface area contributed by atoms with Crippen LogP contribution in [0.15, 0.2) is 0 Å². The van der Waals surface area contributed by atoms with Gasteiger partial charge in [-0.15, -0.1) is 0 Å². The molecule has 1 fully saturated rings. The Balaban J connectivity index is 2.19. The molecule has 60 valence electrons. The van der Waals surface area contributed by atoms with Crippen molar-refractivity contribution in [1.29, 1.82) is 0 Å². The zero-order valence-electron chi connectivity index (χ0n) is 6.04. The maximum atomic E-state index is 10.6. The van der Waals surface area contributed by atoms with Gasteiger partial charge in [0.25, 0.3) is 0 Å². The van der Waals surface area contributed by atoms with Crippen molar-refractivity contribution in [2.24, 2.45) is 0 Å². The molecule has 1 heterocycles. The van der Waals surface area contributed by atoms with Crippen molar-refractivity contribution in [2.45, 2.75) is 18.9 Å². The lowest BCUT2D eigenvalue weighted by Crippen LogP contribution is -2.23. The summed E-state index contributed by atoms with van der Waals surface area (Å²) in [5, 5.41) is 0. The monoisotopic (exact) mass is 164 g/mol. The molecule has 1 aliphatic rings. The van der Waals surface area contributed by atoms with E-state index < -0.39 is 11.1 Å². The first-order valence-electron chi connectivity index (χ1n) is 3.37. The van der Waals surface area contributed by atoms with Crippen LogP contribution in [-0.4, -0.2) is 29.8 Å². The minimum Gasteiger partial charge on any atom is -0.381 e. The van der Waals surface area contributed by atoms with Gasteiger partial charge in [-0.3, -0.25) is 4.18 Å².